The van der Waals surface area contributed by atoms with E-state index in [1.54, 1.807) is 4.90 Å². The lowest BCUT2D eigenvalue weighted by Crippen LogP contribution is -2.48. The molecule has 0 radical (unpaired) electrons. The summed E-state index contributed by atoms with van der Waals surface area (Å²) in [6.45, 7) is 1.95. The van der Waals surface area contributed by atoms with Crippen LogP contribution in [0.2, 0.25) is 0 Å². The fraction of sp³-hybridized carbons (Fsp3) is 0.300. The molecule has 1 aliphatic rings. The molecular formula is C20H22N4O3. The molecule has 2 atom stereocenters. The maximum Gasteiger partial charge on any atom is 0.313 e. The molecule has 2 heterocycles. The highest BCUT2D eigenvalue weighted by Gasteiger charge is 2.35. The number of carbonyl (C=O) groups is 3. The average molecular weight is 366 g/mol. The quantitative estimate of drug-likeness (QED) is 0.813. The van der Waals surface area contributed by atoms with E-state index in [1.165, 1.54) is 18.5 Å². The number of piperidine rings is 1. The van der Waals surface area contributed by atoms with Gasteiger partial charge in [-0.15, -0.1) is 0 Å². The Bertz CT molecular complexity index is 853. The number of hydrogen-bond donors (Lipinski definition) is 2. The van der Waals surface area contributed by atoms with E-state index in [0.29, 0.717) is 0 Å². The Morgan fingerprint density at radius 3 is 2.59 bits per heavy atom. The van der Waals surface area contributed by atoms with E-state index in [0.717, 1.165) is 24.8 Å². The molecule has 1 aliphatic heterocycles. The number of amides is 3. The van der Waals surface area contributed by atoms with Crippen LogP contribution in [0, 0.1) is 0 Å². The zero-order valence-electron chi connectivity index (χ0n) is 15.1. The molecule has 3 amide bonds. The van der Waals surface area contributed by atoms with Gasteiger partial charge in [0.25, 0.3) is 0 Å². The molecule has 2 unspecified atom stereocenters. The van der Waals surface area contributed by atoms with Gasteiger partial charge in [-0.25, -0.2) is 0 Å². The first-order chi connectivity index (χ1) is 13.0. The first-order valence-corrected chi connectivity index (χ1v) is 8.91. The molecule has 140 valence electrons. The van der Waals surface area contributed by atoms with Crippen molar-refractivity contribution in [1.82, 2.24) is 9.88 Å². The van der Waals surface area contributed by atoms with Gasteiger partial charge in [0.1, 0.15) is 0 Å². The van der Waals surface area contributed by atoms with Crippen LogP contribution < -0.4 is 11.1 Å². The largest absolute Gasteiger partial charge is 0.366 e. The van der Waals surface area contributed by atoms with E-state index in [2.05, 4.69) is 10.3 Å². The zero-order valence-corrected chi connectivity index (χ0v) is 15.1. The molecule has 3 N–H and O–H groups in total. The van der Waals surface area contributed by atoms with Crippen molar-refractivity contribution in [3.63, 3.8) is 0 Å². The molecule has 2 aromatic rings. The molecule has 27 heavy (non-hydrogen) atoms. The lowest BCUT2D eigenvalue weighted by atomic mass is 9.91. The van der Waals surface area contributed by atoms with E-state index in [4.69, 9.17) is 5.73 Å². The third-order valence-electron chi connectivity index (χ3n) is 4.80. The molecule has 1 aromatic heterocycles. The van der Waals surface area contributed by atoms with Gasteiger partial charge in [0.2, 0.25) is 5.91 Å². The number of benzene rings is 1. The highest BCUT2D eigenvalue weighted by atomic mass is 16.2. The van der Waals surface area contributed by atoms with Crippen LogP contribution in [-0.2, 0) is 9.59 Å². The minimum atomic E-state index is -0.756. The predicted octanol–water partition coefficient (Wildman–Crippen LogP) is 2.26. The second kappa shape index (κ2) is 7.99. The predicted molar refractivity (Wildman–Crippen MR) is 101 cm³/mol. The second-order valence-corrected chi connectivity index (χ2v) is 6.70. The standard InChI is InChI=1S/C20H22N4O3/c1-13-6-5-9-17(14-7-3-2-4-8-14)24(13)20(27)19(26)23-16-10-15(18(21)25)11-22-12-16/h2-4,7-8,10-13,17H,5-6,9H2,1H3,(H2,21,25)(H,23,26). The molecule has 0 spiro atoms. The van der Waals surface area contributed by atoms with Gasteiger partial charge in [-0.2, -0.15) is 0 Å². The monoisotopic (exact) mass is 366 g/mol. The van der Waals surface area contributed by atoms with Gasteiger partial charge < -0.3 is 16.0 Å². The van der Waals surface area contributed by atoms with Crippen molar-refractivity contribution in [1.29, 1.82) is 0 Å². The topological polar surface area (TPSA) is 105 Å². The number of aromatic nitrogens is 1. The van der Waals surface area contributed by atoms with Gasteiger partial charge in [-0.3, -0.25) is 19.4 Å². The molecule has 0 aliphatic carbocycles. The number of nitrogens with two attached hydrogens (primary N) is 1. The van der Waals surface area contributed by atoms with Crippen molar-refractivity contribution >= 4 is 23.4 Å². The average Bonchev–Trinajstić information content (AvgIpc) is 2.68. The van der Waals surface area contributed by atoms with Gasteiger partial charge in [-0.1, -0.05) is 30.3 Å². The van der Waals surface area contributed by atoms with E-state index in [-0.39, 0.29) is 23.3 Å². The Balaban J connectivity index is 1.80. The summed E-state index contributed by atoms with van der Waals surface area (Å²) in [5.74, 6) is -2.01. The van der Waals surface area contributed by atoms with Crippen molar-refractivity contribution in [2.45, 2.75) is 38.3 Å². The second-order valence-electron chi connectivity index (χ2n) is 6.70. The maximum atomic E-state index is 12.9. The summed E-state index contributed by atoms with van der Waals surface area (Å²) in [7, 11) is 0. The number of nitrogens with one attached hydrogen (secondary N) is 1. The zero-order chi connectivity index (χ0) is 19.4. The summed E-state index contributed by atoms with van der Waals surface area (Å²) in [5, 5.41) is 2.53. The Morgan fingerprint density at radius 1 is 1.15 bits per heavy atom. The molecular weight excluding hydrogens is 344 g/mol. The number of pyridine rings is 1. The number of nitrogens with zero attached hydrogens (tertiary/aromatic N) is 2. The van der Waals surface area contributed by atoms with E-state index >= 15 is 0 Å². The number of primary amides is 1. The molecule has 7 heteroatoms. The fourth-order valence-corrected chi connectivity index (χ4v) is 3.48. The van der Waals surface area contributed by atoms with Crippen LogP contribution in [0.5, 0.6) is 0 Å². The van der Waals surface area contributed by atoms with E-state index < -0.39 is 17.7 Å². The summed E-state index contributed by atoms with van der Waals surface area (Å²) < 4.78 is 0. The normalized spacial score (nSPS) is 19.4. The minimum absolute atomic E-state index is 0.0442. The van der Waals surface area contributed by atoms with Crippen LogP contribution >= 0.6 is 0 Å². The first-order valence-electron chi connectivity index (χ1n) is 8.91. The number of anilines is 1. The number of carbonyl (C=O) groups excluding carboxylic acids is 3. The van der Waals surface area contributed by atoms with Gasteiger partial charge in [0.05, 0.1) is 23.5 Å². The fourth-order valence-electron chi connectivity index (χ4n) is 3.48. The third kappa shape index (κ3) is 4.13. The van der Waals surface area contributed by atoms with Gasteiger partial charge >= 0.3 is 11.8 Å². The molecule has 0 bridgehead atoms. The Morgan fingerprint density at radius 2 is 1.89 bits per heavy atom. The van der Waals surface area contributed by atoms with Crippen LogP contribution in [0.3, 0.4) is 0 Å². The van der Waals surface area contributed by atoms with E-state index in [9.17, 15) is 14.4 Å². The summed E-state index contributed by atoms with van der Waals surface area (Å²) in [6.07, 6.45) is 5.33. The highest BCUT2D eigenvalue weighted by Crippen LogP contribution is 2.34. The number of rotatable bonds is 3. The highest BCUT2D eigenvalue weighted by molar-refractivity contribution is 6.39. The Kier molecular flexibility index (Phi) is 5.49. The molecule has 1 saturated heterocycles. The van der Waals surface area contributed by atoms with Crippen LogP contribution in [0.15, 0.2) is 48.8 Å². The van der Waals surface area contributed by atoms with Crippen LogP contribution in [0.4, 0.5) is 5.69 Å². The molecule has 7 nitrogen and oxygen atoms in total. The first kappa shape index (κ1) is 18.6. The smallest absolute Gasteiger partial charge is 0.313 e. The third-order valence-corrected chi connectivity index (χ3v) is 4.80. The molecule has 1 fully saturated rings. The lowest BCUT2D eigenvalue weighted by Gasteiger charge is -2.40. The minimum Gasteiger partial charge on any atom is -0.366 e. The maximum absolute atomic E-state index is 12.9. The van der Waals surface area contributed by atoms with Crippen LogP contribution in [0.25, 0.3) is 0 Å². The van der Waals surface area contributed by atoms with Crippen molar-refractivity contribution in [2.24, 2.45) is 5.73 Å². The lowest BCUT2D eigenvalue weighted by molar-refractivity contribution is -0.148. The summed E-state index contributed by atoms with van der Waals surface area (Å²) in [4.78, 5) is 42.3. The van der Waals surface area contributed by atoms with Crippen molar-refractivity contribution in [2.75, 3.05) is 5.32 Å². The summed E-state index contributed by atoms with van der Waals surface area (Å²) in [6, 6.07) is 10.9. The van der Waals surface area contributed by atoms with Crippen molar-refractivity contribution in [3.8, 4) is 0 Å². The number of hydrogen-bond acceptors (Lipinski definition) is 4. The van der Waals surface area contributed by atoms with Gasteiger partial charge in [0.15, 0.2) is 0 Å². The van der Waals surface area contributed by atoms with Crippen molar-refractivity contribution < 1.29 is 14.4 Å². The van der Waals surface area contributed by atoms with Gasteiger partial charge in [0, 0.05) is 12.2 Å². The van der Waals surface area contributed by atoms with Crippen molar-refractivity contribution in [3.05, 3.63) is 59.9 Å². The Labute approximate surface area is 157 Å². The number of likely N-dealkylation sites (tertiary alicyclic amines) is 1. The van der Waals surface area contributed by atoms with Crippen LogP contribution in [-0.4, -0.2) is 33.6 Å². The summed E-state index contributed by atoms with van der Waals surface area (Å²) in [5.41, 5.74) is 6.66. The van der Waals surface area contributed by atoms with Gasteiger partial charge in [-0.05, 0) is 37.8 Å². The molecule has 3 rings (SSSR count). The SMILES string of the molecule is CC1CCCC(c2ccccc2)N1C(=O)C(=O)Nc1cncc(C(N)=O)c1. The molecule has 1 aromatic carbocycles. The Hall–Kier alpha value is -3.22. The van der Waals surface area contributed by atoms with Crippen LogP contribution in [0.1, 0.15) is 48.1 Å². The van der Waals surface area contributed by atoms with E-state index in [1.807, 2.05) is 37.3 Å². The molecule has 0 saturated carbocycles. The summed E-state index contributed by atoms with van der Waals surface area (Å²) >= 11 is 0.